The minimum atomic E-state index is -1.18. The zero-order valence-electron chi connectivity index (χ0n) is 9.50. The van der Waals surface area contributed by atoms with Gasteiger partial charge < -0.3 is 14.8 Å². The van der Waals surface area contributed by atoms with Gasteiger partial charge >= 0.3 is 0 Å². The molecule has 0 heterocycles. The topological polar surface area (TPSA) is 43.4 Å². The van der Waals surface area contributed by atoms with Crippen molar-refractivity contribution in [1.82, 2.24) is 0 Å². The number of hydrogen-bond acceptors (Lipinski definition) is 2. The number of aryl methyl sites for hydroxylation is 1. The molecule has 0 atom stereocenters. The second kappa shape index (κ2) is 5.75. The van der Waals surface area contributed by atoms with Crippen LogP contribution >= 0.6 is 11.6 Å². The van der Waals surface area contributed by atoms with Crippen LogP contribution in [0.4, 0.5) is 10.5 Å². The number of benzene rings is 1. The van der Waals surface area contributed by atoms with Crippen LogP contribution in [0, 0.1) is 6.92 Å². The maximum atomic E-state index is 11.0. The van der Waals surface area contributed by atoms with Gasteiger partial charge in [0.1, 0.15) is 6.09 Å². The first kappa shape index (κ1) is 12.8. The highest BCUT2D eigenvalue weighted by molar-refractivity contribution is 6.31. The molecule has 0 saturated carbocycles. The van der Waals surface area contributed by atoms with Gasteiger partial charge in [-0.15, -0.1) is 0 Å². The fraction of sp³-hybridized carbons (Fsp3) is 0.417. The van der Waals surface area contributed by atoms with Crippen LogP contribution in [0.2, 0.25) is 5.02 Å². The minimum Gasteiger partial charge on any atom is -0.530 e. The Morgan fingerprint density at radius 3 is 2.75 bits per heavy atom. The lowest BCUT2D eigenvalue weighted by atomic mass is 10.1. The molecule has 4 heteroatoms. The van der Waals surface area contributed by atoms with Crippen molar-refractivity contribution in [1.29, 1.82) is 0 Å². The van der Waals surface area contributed by atoms with Crippen LogP contribution in [-0.4, -0.2) is 12.6 Å². The summed E-state index contributed by atoms with van der Waals surface area (Å²) in [6, 6.07) is 5.20. The van der Waals surface area contributed by atoms with Gasteiger partial charge in [-0.2, -0.15) is 0 Å². The van der Waals surface area contributed by atoms with E-state index >= 15 is 0 Å². The maximum absolute atomic E-state index is 11.0. The highest BCUT2D eigenvalue weighted by Crippen LogP contribution is 2.24. The predicted octanol–water partition coefficient (Wildman–Crippen LogP) is 2.60. The Bertz CT molecular complexity index is 379. The molecule has 0 aliphatic rings. The van der Waals surface area contributed by atoms with Gasteiger partial charge in [0, 0.05) is 17.3 Å². The van der Waals surface area contributed by atoms with E-state index < -0.39 is 6.09 Å². The summed E-state index contributed by atoms with van der Waals surface area (Å²) in [6.45, 7) is 4.31. The zero-order chi connectivity index (χ0) is 12.1. The quantitative estimate of drug-likeness (QED) is 0.812. The number of amides is 1. The highest BCUT2D eigenvalue weighted by Gasteiger charge is 2.10. The van der Waals surface area contributed by atoms with E-state index in [9.17, 15) is 9.90 Å². The average Bonchev–Trinajstić information content (AvgIpc) is 2.23. The molecular formula is C12H15ClNO2-. The summed E-state index contributed by atoms with van der Waals surface area (Å²) in [4.78, 5) is 12.3. The zero-order valence-corrected chi connectivity index (χ0v) is 10.3. The van der Waals surface area contributed by atoms with Gasteiger partial charge in [-0.25, -0.2) is 0 Å². The highest BCUT2D eigenvalue weighted by atomic mass is 35.5. The number of hydrogen-bond donors (Lipinski definition) is 0. The molecule has 0 fully saturated rings. The van der Waals surface area contributed by atoms with E-state index in [1.807, 2.05) is 13.8 Å². The summed E-state index contributed by atoms with van der Waals surface area (Å²) in [7, 11) is 0. The van der Waals surface area contributed by atoms with E-state index in [4.69, 9.17) is 11.6 Å². The van der Waals surface area contributed by atoms with E-state index in [2.05, 4.69) is 0 Å². The van der Waals surface area contributed by atoms with Crippen LogP contribution in [0.1, 0.15) is 25.3 Å². The van der Waals surface area contributed by atoms with Crippen LogP contribution in [0.25, 0.3) is 0 Å². The number of carbonyl (C=O) groups excluding carboxylic acids is 1. The molecule has 0 spiro atoms. The van der Waals surface area contributed by atoms with E-state index in [-0.39, 0.29) is 0 Å². The normalized spacial score (nSPS) is 10.2. The van der Waals surface area contributed by atoms with E-state index in [0.29, 0.717) is 17.3 Å². The Balaban J connectivity index is 3.00. The van der Waals surface area contributed by atoms with Crippen molar-refractivity contribution >= 4 is 23.4 Å². The van der Waals surface area contributed by atoms with Crippen molar-refractivity contribution in [3.63, 3.8) is 0 Å². The van der Waals surface area contributed by atoms with Gasteiger partial charge in [0.2, 0.25) is 0 Å². The number of anilines is 1. The molecule has 0 aliphatic heterocycles. The van der Waals surface area contributed by atoms with Crippen LogP contribution in [0.5, 0.6) is 0 Å². The molecule has 0 unspecified atom stereocenters. The Morgan fingerprint density at radius 1 is 1.50 bits per heavy atom. The van der Waals surface area contributed by atoms with Gasteiger partial charge in [-0.3, -0.25) is 0 Å². The third kappa shape index (κ3) is 3.14. The molecule has 0 saturated heterocycles. The third-order valence-corrected chi connectivity index (χ3v) is 2.65. The molecule has 3 nitrogen and oxygen atoms in total. The molecular weight excluding hydrogens is 226 g/mol. The first-order valence-electron chi connectivity index (χ1n) is 5.31. The largest absolute Gasteiger partial charge is 0.530 e. The van der Waals surface area contributed by atoms with E-state index in [0.717, 1.165) is 18.4 Å². The molecule has 0 aliphatic carbocycles. The lowest BCUT2D eigenvalue weighted by Crippen LogP contribution is -2.42. The monoisotopic (exact) mass is 240 g/mol. The fourth-order valence-electron chi connectivity index (χ4n) is 1.50. The van der Waals surface area contributed by atoms with Crippen molar-refractivity contribution in [2.45, 2.75) is 26.7 Å². The second-order valence-corrected chi connectivity index (χ2v) is 4.14. The summed E-state index contributed by atoms with van der Waals surface area (Å²) in [5.41, 5.74) is 1.49. The van der Waals surface area contributed by atoms with E-state index in [1.54, 1.807) is 18.2 Å². The smallest absolute Gasteiger partial charge is 0.141 e. The van der Waals surface area contributed by atoms with Gasteiger partial charge in [0.05, 0.1) is 0 Å². The van der Waals surface area contributed by atoms with Crippen LogP contribution in [-0.2, 0) is 0 Å². The van der Waals surface area contributed by atoms with Gasteiger partial charge in [-0.05, 0) is 31.0 Å². The molecule has 1 aromatic rings. The molecule has 0 radical (unpaired) electrons. The molecule has 0 aromatic heterocycles. The summed E-state index contributed by atoms with van der Waals surface area (Å²) in [5.74, 6) is 0. The minimum absolute atomic E-state index is 0.444. The summed E-state index contributed by atoms with van der Waals surface area (Å²) in [6.07, 6.45) is 0.558. The maximum Gasteiger partial charge on any atom is 0.141 e. The fourth-order valence-corrected chi connectivity index (χ4v) is 1.67. The predicted molar refractivity (Wildman–Crippen MR) is 63.8 cm³/mol. The summed E-state index contributed by atoms with van der Waals surface area (Å²) < 4.78 is 0. The Morgan fingerprint density at radius 2 is 2.19 bits per heavy atom. The SMILES string of the molecule is CCCCN(C(=O)[O-])c1cc(Cl)ccc1C. The van der Waals surface area contributed by atoms with Gasteiger partial charge in [0.15, 0.2) is 0 Å². The van der Waals surface area contributed by atoms with Crippen molar-refractivity contribution < 1.29 is 9.90 Å². The standard InChI is InChI=1S/C12H16ClNO2/c1-3-4-7-14(12(15)16)11-8-10(13)6-5-9(11)2/h5-6,8H,3-4,7H2,1-2H3,(H,15,16)/p-1. The summed E-state index contributed by atoms with van der Waals surface area (Å²) >= 11 is 5.86. The molecule has 1 amide bonds. The lowest BCUT2D eigenvalue weighted by molar-refractivity contribution is -0.246. The van der Waals surface area contributed by atoms with Crippen molar-refractivity contribution in [2.24, 2.45) is 0 Å². The number of halogens is 1. The second-order valence-electron chi connectivity index (χ2n) is 3.70. The Labute approximate surface area is 101 Å². The number of carboxylic acid groups (broad SMARTS) is 1. The molecule has 88 valence electrons. The Hall–Kier alpha value is -1.22. The van der Waals surface area contributed by atoms with Gasteiger partial charge in [-0.1, -0.05) is 31.0 Å². The number of unbranched alkanes of at least 4 members (excludes halogenated alkanes) is 1. The number of rotatable bonds is 4. The van der Waals surface area contributed by atoms with Gasteiger partial charge in [0.25, 0.3) is 0 Å². The van der Waals surface area contributed by atoms with Crippen LogP contribution in [0.3, 0.4) is 0 Å². The first-order chi connectivity index (χ1) is 7.56. The third-order valence-electron chi connectivity index (χ3n) is 2.42. The lowest BCUT2D eigenvalue weighted by Gasteiger charge is -2.26. The molecule has 1 rings (SSSR count). The number of carbonyl (C=O) groups is 1. The van der Waals surface area contributed by atoms with Crippen molar-refractivity contribution in [3.05, 3.63) is 28.8 Å². The first-order valence-corrected chi connectivity index (χ1v) is 5.68. The number of nitrogens with zero attached hydrogens (tertiary/aromatic N) is 1. The van der Waals surface area contributed by atoms with Crippen molar-refractivity contribution in [3.8, 4) is 0 Å². The molecule has 0 bridgehead atoms. The van der Waals surface area contributed by atoms with Crippen LogP contribution in [0.15, 0.2) is 18.2 Å². The Kier molecular flexibility index (Phi) is 4.62. The van der Waals surface area contributed by atoms with Crippen LogP contribution < -0.4 is 10.0 Å². The summed E-state index contributed by atoms with van der Waals surface area (Å²) in [5, 5.41) is 11.6. The average molecular weight is 241 g/mol. The molecule has 16 heavy (non-hydrogen) atoms. The molecule has 1 aromatic carbocycles. The molecule has 0 N–H and O–H groups in total. The van der Waals surface area contributed by atoms with Crippen molar-refractivity contribution in [2.75, 3.05) is 11.4 Å². The van der Waals surface area contributed by atoms with E-state index in [1.165, 1.54) is 4.90 Å².